The predicted molar refractivity (Wildman–Crippen MR) is 109 cm³/mol. The normalized spacial score (nSPS) is 25.8. The lowest BCUT2D eigenvalue weighted by Crippen LogP contribution is -2.25. The molecule has 0 heterocycles. The van der Waals surface area contributed by atoms with Crippen LogP contribution in [0.4, 0.5) is 8.78 Å². The Bertz CT molecular complexity index is 691. The third kappa shape index (κ3) is 5.10. The first-order valence-electron chi connectivity index (χ1n) is 11.4. The van der Waals surface area contributed by atoms with Crippen molar-refractivity contribution in [3.8, 4) is 11.5 Å². The van der Waals surface area contributed by atoms with Gasteiger partial charge in [-0.1, -0.05) is 46.0 Å². The summed E-state index contributed by atoms with van der Waals surface area (Å²) in [6.45, 7) is 4.54. The second-order valence-corrected chi connectivity index (χ2v) is 8.66. The third-order valence-electron chi connectivity index (χ3n) is 6.81. The zero-order valence-corrected chi connectivity index (χ0v) is 17.7. The van der Waals surface area contributed by atoms with Crippen molar-refractivity contribution in [2.75, 3.05) is 6.61 Å². The van der Waals surface area contributed by atoms with Crippen LogP contribution < -0.4 is 9.47 Å². The van der Waals surface area contributed by atoms with Crippen molar-refractivity contribution in [3.63, 3.8) is 0 Å². The Morgan fingerprint density at radius 3 is 2.38 bits per heavy atom. The minimum absolute atomic E-state index is 0.137. The van der Waals surface area contributed by atoms with E-state index in [0.717, 1.165) is 32.1 Å². The molecule has 2 aliphatic carbocycles. The molecule has 1 aromatic rings. The van der Waals surface area contributed by atoms with Gasteiger partial charge in [0, 0.05) is 0 Å². The Labute approximate surface area is 173 Å². The lowest BCUT2D eigenvalue weighted by molar-refractivity contribution is -0.140. The van der Waals surface area contributed by atoms with Gasteiger partial charge in [-0.3, -0.25) is 4.79 Å². The lowest BCUT2D eigenvalue weighted by Gasteiger charge is -2.20. The first-order chi connectivity index (χ1) is 14.1. The van der Waals surface area contributed by atoms with Gasteiger partial charge in [0.2, 0.25) is 11.6 Å². The average molecular weight is 409 g/mol. The number of halogens is 2. The predicted octanol–water partition coefficient (Wildman–Crippen LogP) is 6.68. The molecule has 2 fully saturated rings. The van der Waals surface area contributed by atoms with E-state index in [2.05, 4.69) is 6.92 Å². The van der Waals surface area contributed by atoms with Crippen LogP contribution in [0.25, 0.3) is 0 Å². The molecule has 0 saturated heterocycles. The summed E-state index contributed by atoms with van der Waals surface area (Å²) in [6.07, 6.45) is 10.7. The van der Waals surface area contributed by atoms with E-state index in [1.807, 2.05) is 6.92 Å². The molecule has 0 aromatic heterocycles. The van der Waals surface area contributed by atoms with Crippen LogP contribution in [0.1, 0.15) is 78.1 Å². The molecule has 0 aliphatic heterocycles. The van der Waals surface area contributed by atoms with Crippen LogP contribution in [-0.2, 0) is 4.79 Å². The van der Waals surface area contributed by atoms with Crippen LogP contribution in [0.15, 0.2) is 12.1 Å². The Balaban J connectivity index is 1.59. The van der Waals surface area contributed by atoms with Gasteiger partial charge in [-0.25, -0.2) is 0 Å². The number of unbranched alkanes of at least 4 members (excludes halogenated alkanes) is 3. The van der Waals surface area contributed by atoms with E-state index in [1.165, 1.54) is 44.2 Å². The zero-order valence-electron chi connectivity index (χ0n) is 17.7. The summed E-state index contributed by atoms with van der Waals surface area (Å²) < 4.78 is 39.2. The topological polar surface area (TPSA) is 35.5 Å². The molecule has 5 heteroatoms. The minimum atomic E-state index is -1.15. The monoisotopic (exact) mass is 408 g/mol. The smallest absolute Gasteiger partial charge is 0.314 e. The minimum Gasteiger partial charge on any atom is -0.490 e. The summed E-state index contributed by atoms with van der Waals surface area (Å²) in [5, 5.41) is 0. The fourth-order valence-corrected chi connectivity index (χ4v) is 5.24. The van der Waals surface area contributed by atoms with Crippen LogP contribution in [0.2, 0.25) is 0 Å². The molecule has 2 aliphatic rings. The highest BCUT2D eigenvalue weighted by atomic mass is 19.2. The maximum atomic E-state index is 14.4. The van der Waals surface area contributed by atoms with Crippen LogP contribution in [0, 0.1) is 35.3 Å². The molecule has 162 valence electrons. The number of esters is 1. The molecule has 29 heavy (non-hydrogen) atoms. The van der Waals surface area contributed by atoms with Crippen molar-refractivity contribution in [3.05, 3.63) is 23.8 Å². The van der Waals surface area contributed by atoms with Crippen LogP contribution >= 0.6 is 0 Å². The van der Waals surface area contributed by atoms with E-state index in [0.29, 0.717) is 24.4 Å². The van der Waals surface area contributed by atoms with E-state index < -0.39 is 17.6 Å². The summed E-state index contributed by atoms with van der Waals surface area (Å²) in [6, 6.07) is 2.64. The van der Waals surface area contributed by atoms with E-state index >= 15 is 0 Å². The molecular formula is C24H34F2O3. The van der Waals surface area contributed by atoms with Crippen molar-refractivity contribution in [2.45, 2.75) is 78.1 Å². The van der Waals surface area contributed by atoms with Gasteiger partial charge in [0.25, 0.3) is 0 Å². The number of hydrogen-bond acceptors (Lipinski definition) is 3. The molecule has 0 spiro atoms. The molecule has 4 unspecified atom stereocenters. The first-order valence-corrected chi connectivity index (χ1v) is 11.4. The molecular weight excluding hydrogens is 374 g/mol. The van der Waals surface area contributed by atoms with Crippen molar-refractivity contribution >= 4 is 5.97 Å². The summed E-state index contributed by atoms with van der Waals surface area (Å²) >= 11 is 0. The number of carbonyl (C=O) groups excluding carboxylic acids is 1. The Hall–Kier alpha value is -1.65. The van der Waals surface area contributed by atoms with Crippen molar-refractivity contribution < 1.29 is 23.0 Å². The number of carbonyl (C=O) groups is 1. The largest absolute Gasteiger partial charge is 0.490 e. The van der Waals surface area contributed by atoms with Crippen LogP contribution in [-0.4, -0.2) is 12.6 Å². The highest BCUT2D eigenvalue weighted by Crippen LogP contribution is 2.52. The summed E-state index contributed by atoms with van der Waals surface area (Å²) in [7, 11) is 0. The van der Waals surface area contributed by atoms with Gasteiger partial charge < -0.3 is 9.47 Å². The zero-order chi connectivity index (χ0) is 20.8. The van der Waals surface area contributed by atoms with E-state index in [1.54, 1.807) is 0 Å². The molecule has 0 amide bonds. The molecule has 1 aromatic carbocycles. The van der Waals surface area contributed by atoms with E-state index in [9.17, 15) is 13.6 Å². The van der Waals surface area contributed by atoms with E-state index in [-0.39, 0.29) is 17.4 Å². The maximum Gasteiger partial charge on any atom is 0.314 e. The van der Waals surface area contributed by atoms with Crippen molar-refractivity contribution in [1.29, 1.82) is 0 Å². The highest BCUT2D eigenvalue weighted by Gasteiger charge is 2.47. The van der Waals surface area contributed by atoms with Crippen LogP contribution in [0.3, 0.4) is 0 Å². The van der Waals surface area contributed by atoms with Crippen LogP contribution in [0.5, 0.6) is 11.5 Å². The molecule has 3 rings (SSSR count). The molecule has 3 nitrogen and oxygen atoms in total. The fourth-order valence-electron chi connectivity index (χ4n) is 5.24. The average Bonchev–Trinajstić information content (AvgIpc) is 3.30. The van der Waals surface area contributed by atoms with E-state index in [4.69, 9.17) is 9.47 Å². The third-order valence-corrected chi connectivity index (χ3v) is 6.81. The Morgan fingerprint density at radius 2 is 1.62 bits per heavy atom. The quantitative estimate of drug-likeness (QED) is 0.246. The van der Waals surface area contributed by atoms with Gasteiger partial charge in [0.1, 0.15) is 0 Å². The fraction of sp³-hybridized carbons (Fsp3) is 0.708. The SMILES string of the molecule is CCCCCC1CCC2C(C(=O)Oc3ccc(OCCCC)c(F)c3F)CCC12. The van der Waals surface area contributed by atoms with Crippen molar-refractivity contribution in [2.24, 2.45) is 23.7 Å². The molecule has 0 bridgehead atoms. The number of fused-ring (bicyclic) bond motifs is 1. The van der Waals surface area contributed by atoms with Gasteiger partial charge in [-0.05, 0) is 62.0 Å². The van der Waals surface area contributed by atoms with Gasteiger partial charge in [-0.2, -0.15) is 8.78 Å². The number of hydrogen-bond donors (Lipinski definition) is 0. The Morgan fingerprint density at radius 1 is 0.931 bits per heavy atom. The number of benzene rings is 1. The second-order valence-electron chi connectivity index (χ2n) is 8.66. The molecule has 4 atom stereocenters. The molecule has 0 N–H and O–H groups in total. The molecule has 2 saturated carbocycles. The van der Waals surface area contributed by atoms with Gasteiger partial charge in [-0.15, -0.1) is 0 Å². The standard InChI is InChI=1S/C24H34F2O3/c1-3-5-7-8-16-9-10-18-17(16)11-12-19(18)24(27)29-21-14-13-20(22(25)23(21)26)28-15-6-4-2/h13-14,16-19H,3-12,15H2,1-2H3. The van der Waals surface area contributed by atoms with Gasteiger partial charge in [0.05, 0.1) is 12.5 Å². The van der Waals surface area contributed by atoms with Gasteiger partial charge >= 0.3 is 5.97 Å². The Kier molecular flexibility index (Phi) is 7.91. The summed E-state index contributed by atoms with van der Waals surface area (Å²) in [5.74, 6) is -1.70. The summed E-state index contributed by atoms with van der Waals surface area (Å²) in [5.41, 5.74) is 0. The second kappa shape index (κ2) is 10.4. The van der Waals surface area contributed by atoms with Crippen molar-refractivity contribution in [1.82, 2.24) is 0 Å². The summed E-state index contributed by atoms with van der Waals surface area (Å²) in [4.78, 5) is 12.7. The number of rotatable bonds is 10. The first kappa shape index (κ1) is 22.0. The highest BCUT2D eigenvalue weighted by molar-refractivity contribution is 5.76. The van der Waals surface area contributed by atoms with Gasteiger partial charge in [0.15, 0.2) is 11.5 Å². The lowest BCUT2D eigenvalue weighted by atomic mass is 9.86. The number of ether oxygens (including phenoxy) is 2. The maximum absolute atomic E-state index is 14.4. The molecule has 0 radical (unpaired) electrons.